The molecular formula is C42H58N4O10S. The topological polar surface area (TPSA) is 185 Å². The number of hydrogen-bond donors (Lipinski definition) is 4. The Kier molecular flexibility index (Phi) is 15.3. The monoisotopic (exact) mass is 810 g/mol. The van der Waals surface area contributed by atoms with Crippen LogP contribution in [0.2, 0.25) is 0 Å². The van der Waals surface area contributed by atoms with Crippen LogP contribution in [0.25, 0.3) is 0 Å². The van der Waals surface area contributed by atoms with Gasteiger partial charge in [-0.05, 0) is 98.9 Å². The third kappa shape index (κ3) is 9.55. The molecular weight excluding hydrogens is 753 g/mol. The summed E-state index contributed by atoms with van der Waals surface area (Å²) in [7, 11) is -2.78. The van der Waals surface area contributed by atoms with Crippen molar-refractivity contribution in [2.24, 2.45) is 22.9 Å². The number of sulfonamides is 1. The Morgan fingerprint density at radius 2 is 1.79 bits per heavy atom. The van der Waals surface area contributed by atoms with Crippen molar-refractivity contribution in [3.05, 3.63) is 72.3 Å². The second-order valence-corrected chi connectivity index (χ2v) is 16.6. The molecule has 15 heteroatoms. The van der Waals surface area contributed by atoms with Gasteiger partial charge in [0, 0.05) is 56.8 Å². The van der Waals surface area contributed by atoms with Crippen molar-refractivity contribution in [1.29, 1.82) is 0 Å². The van der Waals surface area contributed by atoms with Gasteiger partial charge in [0.25, 0.3) is 0 Å². The second kappa shape index (κ2) is 19.9. The highest BCUT2D eigenvalue weighted by Crippen LogP contribution is 2.62. The number of anilines is 1. The quantitative estimate of drug-likeness (QED) is 0.0691. The molecule has 57 heavy (non-hydrogen) atoms. The number of oxime groups is 1. The van der Waals surface area contributed by atoms with E-state index in [1.807, 2.05) is 13.0 Å². The Hall–Kier alpha value is -4.28. The fourth-order valence-electron chi connectivity index (χ4n) is 8.80. The fourth-order valence-corrected chi connectivity index (χ4v) is 10.5. The number of aliphatic hydroxyl groups excluding tert-OH is 2. The standard InChI is InChI=1S/C42H58N4O10S/c1-6-21-46(57(51,52)32-18-15-30(16-19-32)44-28(4)49)38-27-36(45-53-5)34-25-29(13-9-11-22-47)33(14-10-12-23-48)39-35-26-31(55-41(50)43-8-3)17-20-37(35)56-42(38,40(34)39)54-24-7-2/h7,15-20,25-26,29,33,38-40,47-48H,2,6,8-14,21-24,27H2,1,3-5H3,(H,43,50)(H,44,49)/t29-,33+,38-,39+,40+,42+/m0/s1. The molecule has 4 N–H and O–H groups in total. The van der Waals surface area contributed by atoms with Gasteiger partial charge in [0.05, 0.1) is 29.2 Å². The van der Waals surface area contributed by atoms with Gasteiger partial charge < -0.3 is 39.9 Å². The number of carbonyl (C=O) groups is 2. The molecule has 0 unspecified atom stereocenters. The van der Waals surface area contributed by atoms with E-state index in [1.54, 1.807) is 37.3 Å². The maximum Gasteiger partial charge on any atom is 0.412 e. The van der Waals surface area contributed by atoms with Crippen LogP contribution in [0, 0.1) is 17.8 Å². The molecule has 1 heterocycles. The Morgan fingerprint density at radius 1 is 1.07 bits per heavy atom. The van der Waals surface area contributed by atoms with Gasteiger partial charge in [-0.2, -0.15) is 4.31 Å². The molecule has 0 bridgehead atoms. The number of ether oxygens (including phenoxy) is 3. The number of rotatable bonds is 20. The molecule has 3 aliphatic rings. The molecule has 14 nitrogen and oxygen atoms in total. The number of nitrogens with one attached hydrogen (secondary N) is 2. The zero-order valence-electron chi connectivity index (χ0n) is 33.4. The summed E-state index contributed by atoms with van der Waals surface area (Å²) in [5.74, 6) is -2.13. The lowest BCUT2D eigenvalue weighted by Gasteiger charge is -2.59. The van der Waals surface area contributed by atoms with Crippen LogP contribution in [-0.4, -0.2) is 92.5 Å². The van der Waals surface area contributed by atoms with E-state index >= 15 is 0 Å². The van der Waals surface area contributed by atoms with Crippen molar-refractivity contribution in [3.63, 3.8) is 0 Å². The van der Waals surface area contributed by atoms with E-state index in [9.17, 15) is 28.2 Å². The summed E-state index contributed by atoms with van der Waals surface area (Å²) in [6.45, 7) is 9.68. The number of unbranched alkanes of at least 4 members (excludes halogenated alkanes) is 2. The van der Waals surface area contributed by atoms with Gasteiger partial charge in [0.1, 0.15) is 18.6 Å². The first-order chi connectivity index (χ1) is 27.5. The molecule has 1 fully saturated rings. The van der Waals surface area contributed by atoms with Crippen molar-refractivity contribution in [3.8, 4) is 11.5 Å². The lowest BCUT2D eigenvalue weighted by molar-refractivity contribution is -0.251. The van der Waals surface area contributed by atoms with Crippen LogP contribution in [0.3, 0.4) is 0 Å². The number of amides is 2. The minimum Gasteiger partial charge on any atom is -0.460 e. The molecule has 0 aromatic heterocycles. The van der Waals surface area contributed by atoms with Crippen LogP contribution in [0.4, 0.5) is 10.5 Å². The van der Waals surface area contributed by atoms with Gasteiger partial charge >= 0.3 is 6.09 Å². The highest BCUT2D eigenvalue weighted by atomic mass is 32.2. The Bertz CT molecular complexity index is 1880. The van der Waals surface area contributed by atoms with Crippen molar-refractivity contribution in [2.45, 2.75) is 94.8 Å². The van der Waals surface area contributed by atoms with Crippen molar-refractivity contribution < 1.29 is 47.3 Å². The highest BCUT2D eigenvalue weighted by Gasteiger charge is 2.66. The minimum absolute atomic E-state index is 0.00118. The largest absolute Gasteiger partial charge is 0.460 e. The number of benzene rings is 2. The molecule has 2 aromatic rings. The van der Waals surface area contributed by atoms with Gasteiger partial charge in [0.2, 0.25) is 21.7 Å². The number of hydrogen-bond acceptors (Lipinski definition) is 11. The number of nitrogens with zero attached hydrogens (tertiary/aromatic N) is 2. The molecule has 0 spiro atoms. The molecule has 5 rings (SSSR count). The summed E-state index contributed by atoms with van der Waals surface area (Å²) < 4.78 is 51.2. The number of fused-ring (bicyclic) bond motifs is 2. The van der Waals surface area contributed by atoms with Gasteiger partial charge in [-0.3, -0.25) is 4.79 Å². The Labute approximate surface area is 336 Å². The van der Waals surface area contributed by atoms with Crippen LogP contribution in [0.5, 0.6) is 11.5 Å². The Morgan fingerprint density at radius 3 is 2.42 bits per heavy atom. The van der Waals surface area contributed by atoms with Gasteiger partial charge in [-0.25, -0.2) is 13.2 Å². The van der Waals surface area contributed by atoms with Gasteiger partial charge in [0.15, 0.2) is 0 Å². The van der Waals surface area contributed by atoms with Crippen LogP contribution >= 0.6 is 0 Å². The summed E-state index contributed by atoms with van der Waals surface area (Å²) in [6.07, 6.45) is 7.99. The van der Waals surface area contributed by atoms with Crippen LogP contribution in [0.15, 0.2) is 76.8 Å². The SMILES string of the molecule is C=CCO[C@@]12Oc3ccc(OC(=O)NCC)cc3[C@H]3[C@H](CCCCO)[C@@H](CCCCO)C=C(C(=NOC)C[C@@H]1N(CCC)S(=O)(=O)c1ccc(NC(C)=O)cc1)[C@H]32. The zero-order chi connectivity index (χ0) is 41.2. The van der Waals surface area contributed by atoms with E-state index < -0.39 is 33.9 Å². The lowest BCUT2D eigenvalue weighted by Crippen LogP contribution is -2.70. The average molecular weight is 811 g/mol. The molecule has 2 aromatic carbocycles. The average Bonchev–Trinajstić information content (AvgIpc) is 3.18. The van der Waals surface area contributed by atoms with E-state index in [0.29, 0.717) is 55.1 Å². The lowest BCUT2D eigenvalue weighted by atomic mass is 9.55. The summed E-state index contributed by atoms with van der Waals surface area (Å²) in [4.78, 5) is 29.9. The summed E-state index contributed by atoms with van der Waals surface area (Å²) in [5, 5.41) is 29.5. The molecule has 312 valence electrons. The Balaban J connectivity index is 1.78. The molecule has 0 saturated heterocycles. The highest BCUT2D eigenvalue weighted by molar-refractivity contribution is 7.89. The van der Waals surface area contributed by atoms with Gasteiger partial charge in [-0.15, -0.1) is 6.58 Å². The van der Waals surface area contributed by atoms with Crippen molar-refractivity contribution in [1.82, 2.24) is 9.62 Å². The first-order valence-electron chi connectivity index (χ1n) is 20.0. The second-order valence-electron chi connectivity index (χ2n) is 14.7. The summed E-state index contributed by atoms with van der Waals surface area (Å²) in [5.41, 5.74) is 2.63. The van der Waals surface area contributed by atoms with Gasteiger partial charge in [-0.1, -0.05) is 37.1 Å². The van der Waals surface area contributed by atoms with E-state index in [2.05, 4.69) is 28.4 Å². The molecule has 1 saturated carbocycles. The molecule has 0 radical (unpaired) electrons. The predicted molar refractivity (Wildman–Crippen MR) is 217 cm³/mol. The third-order valence-electron chi connectivity index (χ3n) is 11.0. The molecule has 2 aliphatic carbocycles. The summed E-state index contributed by atoms with van der Waals surface area (Å²) in [6, 6.07) is 10.3. The minimum atomic E-state index is -4.24. The van der Waals surface area contributed by atoms with Crippen LogP contribution < -0.4 is 20.1 Å². The fraction of sp³-hybridized carbons (Fsp3) is 0.548. The number of allylic oxidation sites excluding steroid dienone is 1. The third-order valence-corrected chi connectivity index (χ3v) is 12.9. The molecule has 2 amide bonds. The van der Waals surface area contributed by atoms with Crippen molar-refractivity contribution in [2.75, 3.05) is 45.3 Å². The maximum absolute atomic E-state index is 15.0. The smallest absolute Gasteiger partial charge is 0.412 e. The summed E-state index contributed by atoms with van der Waals surface area (Å²) >= 11 is 0. The predicted octanol–water partition coefficient (Wildman–Crippen LogP) is 6.12. The first-order valence-corrected chi connectivity index (χ1v) is 21.4. The van der Waals surface area contributed by atoms with Crippen LogP contribution in [-0.2, 0) is 24.4 Å². The number of carbonyl (C=O) groups excluding carboxylic acids is 2. The van der Waals surface area contributed by atoms with Crippen molar-refractivity contribution >= 4 is 33.4 Å². The normalized spacial score (nSPS) is 24.4. The van der Waals surface area contributed by atoms with E-state index in [-0.39, 0.29) is 61.3 Å². The van der Waals surface area contributed by atoms with E-state index in [1.165, 1.54) is 30.5 Å². The van der Waals surface area contributed by atoms with E-state index in [0.717, 1.165) is 30.4 Å². The first kappa shape index (κ1) is 43.8. The van der Waals surface area contributed by atoms with Crippen LogP contribution in [0.1, 0.15) is 83.6 Å². The molecule has 1 aliphatic heterocycles. The maximum atomic E-state index is 15.0. The number of aliphatic hydroxyl groups is 2. The molecule has 6 atom stereocenters. The zero-order valence-corrected chi connectivity index (χ0v) is 34.3. The van der Waals surface area contributed by atoms with E-state index in [4.69, 9.17) is 19.0 Å².